The molecule has 0 saturated carbocycles. The number of rotatable bonds is 4. The van der Waals surface area contributed by atoms with Crippen LogP contribution in [-0.4, -0.2) is 28.9 Å². The Bertz CT molecular complexity index is 454. The number of aliphatic carboxylic acids is 1. The van der Waals surface area contributed by atoms with Crippen molar-refractivity contribution in [2.45, 2.75) is 20.4 Å². The summed E-state index contributed by atoms with van der Waals surface area (Å²) in [5.74, 6) is -1.52. The minimum absolute atomic E-state index is 0.392. The highest BCUT2D eigenvalue weighted by Gasteiger charge is 2.38. The standard InChI is InChI=1S/C13H16BrNO3/c1-13(2,12(17)18)11(16)15(3)8-9-4-6-10(14)7-5-9/h4-7H,8H2,1-3H3,(H,17,18). The summed E-state index contributed by atoms with van der Waals surface area (Å²) in [5.41, 5.74) is -0.445. The van der Waals surface area contributed by atoms with E-state index in [9.17, 15) is 9.59 Å². The molecule has 1 aromatic rings. The van der Waals surface area contributed by atoms with Crippen molar-refractivity contribution in [2.75, 3.05) is 7.05 Å². The van der Waals surface area contributed by atoms with Crippen molar-refractivity contribution in [3.8, 4) is 0 Å². The van der Waals surface area contributed by atoms with E-state index in [1.807, 2.05) is 24.3 Å². The molecule has 98 valence electrons. The molecule has 0 unspecified atom stereocenters. The number of nitrogens with zero attached hydrogens (tertiary/aromatic N) is 1. The van der Waals surface area contributed by atoms with Crippen molar-refractivity contribution in [1.29, 1.82) is 0 Å². The van der Waals surface area contributed by atoms with Crippen LogP contribution in [0.4, 0.5) is 0 Å². The third-order valence-corrected chi connectivity index (χ3v) is 3.28. The van der Waals surface area contributed by atoms with Gasteiger partial charge in [-0.05, 0) is 31.5 Å². The summed E-state index contributed by atoms with van der Waals surface area (Å²) in [6.07, 6.45) is 0. The summed E-state index contributed by atoms with van der Waals surface area (Å²) in [7, 11) is 1.61. The molecule has 0 saturated heterocycles. The molecule has 1 N–H and O–H groups in total. The number of benzene rings is 1. The highest BCUT2D eigenvalue weighted by molar-refractivity contribution is 9.10. The van der Waals surface area contributed by atoms with Crippen molar-refractivity contribution >= 4 is 27.8 Å². The lowest BCUT2D eigenvalue weighted by Crippen LogP contribution is -2.43. The molecule has 1 rings (SSSR count). The molecule has 1 aromatic carbocycles. The molecule has 0 atom stereocenters. The molecule has 4 nitrogen and oxygen atoms in total. The van der Waals surface area contributed by atoms with Crippen LogP contribution in [0, 0.1) is 5.41 Å². The first kappa shape index (κ1) is 14.7. The zero-order valence-corrected chi connectivity index (χ0v) is 12.2. The molecule has 0 radical (unpaired) electrons. The first-order valence-electron chi connectivity index (χ1n) is 5.48. The number of carbonyl (C=O) groups excluding carboxylic acids is 1. The van der Waals surface area contributed by atoms with Crippen molar-refractivity contribution in [2.24, 2.45) is 5.41 Å². The lowest BCUT2D eigenvalue weighted by molar-refractivity contribution is -0.157. The third kappa shape index (κ3) is 3.32. The quantitative estimate of drug-likeness (QED) is 0.869. The molecule has 0 aromatic heterocycles. The van der Waals surface area contributed by atoms with Crippen LogP contribution >= 0.6 is 15.9 Å². The minimum Gasteiger partial charge on any atom is -0.480 e. The van der Waals surface area contributed by atoms with E-state index < -0.39 is 17.3 Å². The molecule has 0 bridgehead atoms. The fourth-order valence-electron chi connectivity index (χ4n) is 1.50. The lowest BCUT2D eigenvalue weighted by atomic mass is 9.92. The van der Waals surface area contributed by atoms with Gasteiger partial charge >= 0.3 is 5.97 Å². The highest BCUT2D eigenvalue weighted by atomic mass is 79.9. The molecule has 0 aliphatic heterocycles. The van der Waals surface area contributed by atoms with E-state index in [2.05, 4.69) is 15.9 Å². The van der Waals surface area contributed by atoms with E-state index in [1.165, 1.54) is 18.7 Å². The summed E-state index contributed by atoms with van der Waals surface area (Å²) in [6.45, 7) is 3.22. The van der Waals surface area contributed by atoms with Gasteiger partial charge in [0.2, 0.25) is 5.91 Å². The predicted molar refractivity (Wildman–Crippen MR) is 72.0 cm³/mol. The summed E-state index contributed by atoms with van der Waals surface area (Å²) < 4.78 is 0.964. The number of carbonyl (C=O) groups is 2. The van der Waals surface area contributed by atoms with Gasteiger partial charge in [0.1, 0.15) is 5.41 Å². The first-order valence-corrected chi connectivity index (χ1v) is 6.28. The maximum atomic E-state index is 12.0. The Kier molecular flexibility index (Phi) is 4.51. The Balaban J connectivity index is 2.77. The van der Waals surface area contributed by atoms with Gasteiger partial charge in [-0.15, -0.1) is 0 Å². The molecule has 0 fully saturated rings. The van der Waals surface area contributed by atoms with Crippen molar-refractivity contribution in [1.82, 2.24) is 4.90 Å². The Morgan fingerprint density at radius 2 is 1.78 bits per heavy atom. The number of halogens is 1. The molecule has 1 amide bonds. The number of amides is 1. The molecule has 5 heteroatoms. The summed E-state index contributed by atoms with van der Waals surface area (Å²) in [6, 6.07) is 7.55. The Morgan fingerprint density at radius 3 is 2.22 bits per heavy atom. The van der Waals surface area contributed by atoms with E-state index in [1.54, 1.807) is 7.05 Å². The fourth-order valence-corrected chi connectivity index (χ4v) is 1.77. The van der Waals surface area contributed by atoms with Gasteiger partial charge in [-0.3, -0.25) is 9.59 Å². The van der Waals surface area contributed by atoms with Crippen LogP contribution in [0.1, 0.15) is 19.4 Å². The molecule has 0 heterocycles. The van der Waals surface area contributed by atoms with Gasteiger partial charge in [0, 0.05) is 18.1 Å². The smallest absolute Gasteiger partial charge is 0.318 e. The van der Waals surface area contributed by atoms with Gasteiger partial charge in [0.05, 0.1) is 0 Å². The first-order chi connectivity index (χ1) is 8.25. The maximum Gasteiger partial charge on any atom is 0.318 e. The largest absolute Gasteiger partial charge is 0.480 e. The monoisotopic (exact) mass is 313 g/mol. The fraction of sp³-hybridized carbons (Fsp3) is 0.385. The van der Waals surface area contributed by atoms with Crippen LogP contribution in [0.2, 0.25) is 0 Å². The molecule has 18 heavy (non-hydrogen) atoms. The Labute approximate surface area is 115 Å². The SMILES string of the molecule is CN(Cc1ccc(Br)cc1)C(=O)C(C)(C)C(=O)O. The van der Waals surface area contributed by atoms with Crippen molar-refractivity contribution < 1.29 is 14.7 Å². The minimum atomic E-state index is -1.40. The van der Waals surface area contributed by atoms with Crippen LogP contribution in [0.25, 0.3) is 0 Å². The summed E-state index contributed by atoms with van der Waals surface area (Å²) in [4.78, 5) is 24.5. The predicted octanol–water partition coefficient (Wildman–Crippen LogP) is 2.52. The second-order valence-corrected chi connectivity index (χ2v) is 5.63. The second-order valence-electron chi connectivity index (χ2n) is 4.72. The lowest BCUT2D eigenvalue weighted by Gasteiger charge is -2.26. The maximum absolute atomic E-state index is 12.0. The number of hydrogen-bond acceptors (Lipinski definition) is 2. The van der Waals surface area contributed by atoms with Gasteiger partial charge < -0.3 is 10.0 Å². The topological polar surface area (TPSA) is 57.6 Å². The van der Waals surface area contributed by atoms with Crippen molar-refractivity contribution in [3.05, 3.63) is 34.3 Å². The van der Waals surface area contributed by atoms with E-state index in [4.69, 9.17) is 5.11 Å². The zero-order valence-electron chi connectivity index (χ0n) is 10.6. The number of carboxylic acids is 1. The Hall–Kier alpha value is -1.36. The van der Waals surface area contributed by atoms with Gasteiger partial charge in [0.25, 0.3) is 0 Å². The van der Waals surface area contributed by atoms with Gasteiger partial charge in [0.15, 0.2) is 0 Å². The van der Waals surface area contributed by atoms with E-state index in [0.29, 0.717) is 6.54 Å². The highest BCUT2D eigenvalue weighted by Crippen LogP contribution is 2.20. The molecular weight excluding hydrogens is 298 g/mol. The van der Waals surface area contributed by atoms with Crippen LogP contribution in [0.15, 0.2) is 28.7 Å². The number of hydrogen-bond donors (Lipinski definition) is 1. The zero-order chi connectivity index (χ0) is 13.9. The van der Waals surface area contributed by atoms with Crippen LogP contribution in [0.3, 0.4) is 0 Å². The average molecular weight is 314 g/mol. The van der Waals surface area contributed by atoms with Crippen LogP contribution in [0.5, 0.6) is 0 Å². The number of carboxylic acid groups (broad SMARTS) is 1. The van der Waals surface area contributed by atoms with E-state index >= 15 is 0 Å². The molecule has 0 aliphatic carbocycles. The van der Waals surface area contributed by atoms with Crippen molar-refractivity contribution in [3.63, 3.8) is 0 Å². The van der Waals surface area contributed by atoms with Crippen LogP contribution in [-0.2, 0) is 16.1 Å². The molecular formula is C13H16BrNO3. The molecule has 0 aliphatic rings. The van der Waals surface area contributed by atoms with E-state index in [0.717, 1.165) is 10.0 Å². The van der Waals surface area contributed by atoms with E-state index in [-0.39, 0.29) is 0 Å². The average Bonchev–Trinajstić information content (AvgIpc) is 2.30. The molecule has 0 spiro atoms. The summed E-state index contributed by atoms with van der Waals surface area (Å²) >= 11 is 3.33. The third-order valence-electron chi connectivity index (χ3n) is 2.75. The van der Waals surface area contributed by atoms with Gasteiger partial charge in [-0.25, -0.2) is 0 Å². The van der Waals surface area contributed by atoms with Gasteiger partial charge in [-0.1, -0.05) is 28.1 Å². The Morgan fingerprint density at radius 1 is 1.28 bits per heavy atom. The normalized spacial score (nSPS) is 11.1. The second kappa shape index (κ2) is 5.52. The summed E-state index contributed by atoms with van der Waals surface area (Å²) in [5, 5.41) is 9.01. The van der Waals surface area contributed by atoms with Gasteiger partial charge in [-0.2, -0.15) is 0 Å². The van der Waals surface area contributed by atoms with Crippen LogP contribution < -0.4 is 0 Å².